The third kappa shape index (κ3) is 3.74. The number of nitrogens with one attached hydrogen (secondary N) is 1. The molecule has 0 spiro atoms. The zero-order valence-electron chi connectivity index (χ0n) is 19.0. The number of carboxylic acid groups (broad SMARTS) is 1. The molecule has 4 aliphatic rings. The van der Waals surface area contributed by atoms with E-state index in [-0.39, 0.29) is 24.3 Å². The molecular formula is C26H28N2O5S. The molecule has 2 amide bonds. The van der Waals surface area contributed by atoms with Crippen LogP contribution in [-0.4, -0.2) is 64.7 Å². The predicted molar refractivity (Wildman–Crippen MR) is 130 cm³/mol. The van der Waals surface area contributed by atoms with E-state index in [9.17, 15) is 19.5 Å². The van der Waals surface area contributed by atoms with Gasteiger partial charge in [0.05, 0.1) is 0 Å². The van der Waals surface area contributed by atoms with E-state index in [4.69, 9.17) is 4.74 Å². The van der Waals surface area contributed by atoms with Crippen molar-refractivity contribution < 1.29 is 24.2 Å². The van der Waals surface area contributed by atoms with E-state index in [0.29, 0.717) is 31.6 Å². The molecule has 2 heterocycles. The van der Waals surface area contributed by atoms with E-state index in [1.807, 2.05) is 30.5 Å². The fourth-order valence-electron chi connectivity index (χ4n) is 5.73. The average molecular weight is 481 g/mol. The molecule has 2 aromatic carbocycles. The Bertz CT molecular complexity index is 1080. The lowest BCUT2D eigenvalue weighted by Crippen LogP contribution is -2.59. The van der Waals surface area contributed by atoms with E-state index in [2.05, 4.69) is 29.6 Å². The average Bonchev–Trinajstić information content (AvgIpc) is 3.48. The lowest BCUT2D eigenvalue weighted by molar-refractivity contribution is -0.159. The number of carboxylic acids is 1. The summed E-state index contributed by atoms with van der Waals surface area (Å²) in [5, 5.41) is 12.5. The Hall–Kier alpha value is -3.00. The Morgan fingerprint density at radius 1 is 1.12 bits per heavy atom. The second kappa shape index (κ2) is 8.98. The van der Waals surface area contributed by atoms with Gasteiger partial charge < -0.3 is 20.1 Å². The summed E-state index contributed by atoms with van der Waals surface area (Å²) in [4.78, 5) is 39.4. The minimum atomic E-state index is -1.11. The van der Waals surface area contributed by atoms with E-state index in [0.717, 1.165) is 22.3 Å². The Morgan fingerprint density at radius 2 is 1.74 bits per heavy atom. The summed E-state index contributed by atoms with van der Waals surface area (Å²) in [7, 11) is 0. The number of amides is 2. The first-order valence-electron chi connectivity index (χ1n) is 11.6. The summed E-state index contributed by atoms with van der Waals surface area (Å²) >= 11 is 1.57. The van der Waals surface area contributed by atoms with Crippen LogP contribution in [0, 0.1) is 5.92 Å². The van der Waals surface area contributed by atoms with Crippen LogP contribution in [0.5, 0.6) is 0 Å². The van der Waals surface area contributed by atoms with Gasteiger partial charge in [-0.15, -0.1) is 0 Å². The van der Waals surface area contributed by atoms with Crippen LogP contribution in [0.2, 0.25) is 0 Å². The molecule has 3 fully saturated rings. The monoisotopic (exact) mass is 480 g/mol. The van der Waals surface area contributed by atoms with E-state index in [1.54, 1.807) is 11.8 Å². The molecule has 0 aromatic heterocycles. The number of carbonyl (C=O) groups is 3. The molecule has 0 radical (unpaired) electrons. The fraction of sp³-hybridized carbons (Fsp3) is 0.423. The summed E-state index contributed by atoms with van der Waals surface area (Å²) in [5.41, 5.74) is 3.42. The third-order valence-corrected chi connectivity index (χ3v) is 8.06. The SMILES string of the molecule is CSCC[C@H](NC(=O)OCC1c2ccccc2-c2ccccc21)C(=O)N1CC2CC1(C(=O)O)C2. The zero-order chi connectivity index (χ0) is 23.9. The fourth-order valence-corrected chi connectivity index (χ4v) is 6.20. The highest BCUT2D eigenvalue weighted by Gasteiger charge is 2.63. The highest BCUT2D eigenvalue weighted by molar-refractivity contribution is 7.98. The Balaban J connectivity index is 1.27. The van der Waals surface area contributed by atoms with Gasteiger partial charge in [-0.2, -0.15) is 11.8 Å². The van der Waals surface area contributed by atoms with Crippen molar-refractivity contribution >= 4 is 29.7 Å². The van der Waals surface area contributed by atoms with Gasteiger partial charge in [-0.1, -0.05) is 48.5 Å². The van der Waals surface area contributed by atoms with Crippen LogP contribution in [0.3, 0.4) is 0 Å². The molecular weight excluding hydrogens is 452 g/mol. The van der Waals surface area contributed by atoms with Crippen LogP contribution in [0.4, 0.5) is 4.79 Å². The van der Waals surface area contributed by atoms with E-state index >= 15 is 0 Å². The molecule has 2 saturated heterocycles. The van der Waals surface area contributed by atoms with Gasteiger partial charge in [0.2, 0.25) is 5.91 Å². The molecule has 2 aliphatic heterocycles. The molecule has 1 atom stereocenters. The molecule has 2 N–H and O–H groups in total. The summed E-state index contributed by atoms with van der Waals surface area (Å²) in [6.07, 6.45) is 2.68. The Morgan fingerprint density at radius 3 is 2.32 bits per heavy atom. The molecule has 2 aliphatic carbocycles. The quantitative estimate of drug-likeness (QED) is 0.598. The number of benzene rings is 2. The second-order valence-corrected chi connectivity index (χ2v) is 10.3. The number of nitrogens with zero attached hydrogens (tertiary/aromatic N) is 1. The largest absolute Gasteiger partial charge is 0.479 e. The maximum atomic E-state index is 13.3. The number of fused-ring (bicyclic) bond motifs is 4. The summed E-state index contributed by atoms with van der Waals surface area (Å²) in [5.74, 6) is -0.461. The van der Waals surface area contributed by atoms with Crippen LogP contribution in [-0.2, 0) is 14.3 Å². The van der Waals surface area contributed by atoms with Gasteiger partial charge in [0, 0.05) is 12.5 Å². The third-order valence-electron chi connectivity index (χ3n) is 7.42. The number of ether oxygens (including phenoxy) is 1. The lowest BCUT2D eigenvalue weighted by Gasteiger charge is -2.39. The number of aliphatic carboxylic acids is 1. The molecule has 0 unspecified atom stereocenters. The normalized spacial score (nSPS) is 23.0. The summed E-state index contributed by atoms with van der Waals surface area (Å²) < 4.78 is 5.63. The van der Waals surface area contributed by atoms with Crippen molar-refractivity contribution in [2.75, 3.05) is 25.2 Å². The first-order valence-corrected chi connectivity index (χ1v) is 13.0. The van der Waals surface area contributed by atoms with E-state index in [1.165, 1.54) is 4.90 Å². The predicted octanol–water partition coefficient (Wildman–Crippen LogP) is 3.72. The van der Waals surface area contributed by atoms with Crippen molar-refractivity contribution in [1.29, 1.82) is 0 Å². The van der Waals surface area contributed by atoms with Crippen molar-refractivity contribution in [1.82, 2.24) is 10.2 Å². The van der Waals surface area contributed by atoms with Gasteiger partial charge in [-0.25, -0.2) is 9.59 Å². The number of alkyl carbamates (subject to hydrolysis) is 1. The first-order chi connectivity index (χ1) is 16.4. The highest BCUT2D eigenvalue weighted by atomic mass is 32.2. The van der Waals surface area contributed by atoms with Gasteiger partial charge in [-0.3, -0.25) is 4.79 Å². The standard InChI is InChI=1S/C26H28N2O5S/c1-34-11-10-22(23(29)28-14-16-12-26(28,13-16)24(30)31)27-25(32)33-15-21-19-8-4-2-6-17(19)18-7-3-5-9-20(18)21/h2-9,16,21-22H,10-15H2,1H3,(H,27,32)(H,30,31)/t16?,22-,26?/m0/s1. The van der Waals surface area contributed by atoms with Crippen LogP contribution in [0.15, 0.2) is 48.5 Å². The first kappa shape index (κ1) is 22.8. The molecule has 7 nitrogen and oxygen atoms in total. The molecule has 34 heavy (non-hydrogen) atoms. The van der Waals surface area contributed by atoms with Crippen LogP contribution in [0.25, 0.3) is 11.1 Å². The van der Waals surface area contributed by atoms with E-state index < -0.39 is 23.6 Å². The van der Waals surface area contributed by atoms with Gasteiger partial charge >= 0.3 is 12.1 Å². The molecule has 1 saturated carbocycles. The van der Waals surface area contributed by atoms with Gasteiger partial charge in [0.15, 0.2) is 0 Å². The molecule has 8 heteroatoms. The van der Waals surface area contributed by atoms with Crippen molar-refractivity contribution in [2.45, 2.75) is 36.8 Å². The topological polar surface area (TPSA) is 95.9 Å². The van der Waals surface area contributed by atoms with Gasteiger partial charge in [-0.05, 0) is 59.4 Å². The van der Waals surface area contributed by atoms with Crippen molar-refractivity contribution in [3.05, 3.63) is 59.7 Å². The molecule has 2 bridgehead atoms. The van der Waals surface area contributed by atoms with Crippen molar-refractivity contribution in [3.63, 3.8) is 0 Å². The number of carbonyl (C=O) groups excluding carboxylic acids is 2. The molecule has 6 rings (SSSR count). The molecule has 178 valence electrons. The van der Waals surface area contributed by atoms with Crippen LogP contribution in [0.1, 0.15) is 36.3 Å². The van der Waals surface area contributed by atoms with Crippen molar-refractivity contribution in [2.24, 2.45) is 5.92 Å². The lowest BCUT2D eigenvalue weighted by atomic mass is 9.73. The maximum Gasteiger partial charge on any atom is 0.407 e. The van der Waals surface area contributed by atoms with Crippen LogP contribution < -0.4 is 5.32 Å². The second-order valence-electron chi connectivity index (χ2n) is 9.36. The number of hydrogen-bond donors (Lipinski definition) is 2. The van der Waals surface area contributed by atoms with Gasteiger partial charge in [0.1, 0.15) is 18.2 Å². The number of rotatable bonds is 8. The molecule has 2 aromatic rings. The minimum absolute atomic E-state index is 0.0698. The summed E-state index contributed by atoms with van der Waals surface area (Å²) in [6, 6.07) is 15.4. The Labute approximate surface area is 202 Å². The smallest absolute Gasteiger partial charge is 0.407 e. The minimum Gasteiger partial charge on any atom is -0.479 e. The Kier molecular flexibility index (Phi) is 6.02. The number of thioether (sulfide) groups is 1. The highest BCUT2D eigenvalue weighted by Crippen LogP contribution is 2.51. The van der Waals surface area contributed by atoms with Crippen LogP contribution >= 0.6 is 11.8 Å². The van der Waals surface area contributed by atoms with Gasteiger partial charge in [0.25, 0.3) is 0 Å². The maximum absolute atomic E-state index is 13.3. The zero-order valence-corrected chi connectivity index (χ0v) is 19.8. The van der Waals surface area contributed by atoms with Crippen molar-refractivity contribution in [3.8, 4) is 11.1 Å². The summed E-state index contributed by atoms with van der Waals surface area (Å²) in [6.45, 7) is 0.599. The number of hydrogen-bond acceptors (Lipinski definition) is 5.